The number of hydrogen-bond donors (Lipinski definition) is 3. The van der Waals surface area contributed by atoms with Crippen LogP contribution in [0.1, 0.15) is 24.6 Å². The van der Waals surface area contributed by atoms with Crippen molar-refractivity contribution in [3.63, 3.8) is 0 Å². The standard InChI is InChI=1S/C16H27N3O2S/c1-13(16(21)18-12-15-3-2-10-22-15)17-11-14-4-6-19(7-5-14)8-9-20/h2-3,10,13-14,17,20H,4-9,11-12H2,1H3,(H,18,21)/t13-/m0/s1. The molecule has 0 radical (unpaired) electrons. The zero-order valence-electron chi connectivity index (χ0n) is 13.3. The van der Waals surface area contributed by atoms with E-state index in [4.69, 9.17) is 5.11 Å². The number of carbonyl (C=O) groups is 1. The van der Waals surface area contributed by atoms with Gasteiger partial charge in [0.15, 0.2) is 0 Å². The molecule has 6 heteroatoms. The molecule has 0 saturated carbocycles. The summed E-state index contributed by atoms with van der Waals surface area (Å²) in [5.74, 6) is 0.689. The molecule has 0 aliphatic carbocycles. The molecule has 0 aromatic carbocycles. The maximum absolute atomic E-state index is 12.0. The number of carbonyl (C=O) groups excluding carboxylic acids is 1. The van der Waals surface area contributed by atoms with Crippen LogP contribution in [0.15, 0.2) is 17.5 Å². The molecule has 1 atom stereocenters. The molecule has 1 aromatic heterocycles. The van der Waals surface area contributed by atoms with Crippen LogP contribution in [0.4, 0.5) is 0 Å². The fourth-order valence-corrected chi connectivity index (χ4v) is 3.38. The van der Waals surface area contributed by atoms with E-state index in [1.165, 1.54) is 4.88 Å². The largest absolute Gasteiger partial charge is 0.395 e. The third-order valence-electron chi connectivity index (χ3n) is 4.25. The van der Waals surface area contributed by atoms with Crippen molar-refractivity contribution in [3.8, 4) is 0 Å². The van der Waals surface area contributed by atoms with E-state index >= 15 is 0 Å². The molecule has 5 nitrogen and oxygen atoms in total. The Hall–Kier alpha value is -0.950. The lowest BCUT2D eigenvalue weighted by Crippen LogP contribution is -2.45. The molecule has 2 rings (SSSR count). The van der Waals surface area contributed by atoms with E-state index in [2.05, 4.69) is 15.5 Å². The fraction of sp³-hybridized carbons (Fsp3) is 0.688. The van der Waals surface area contributed by atoms with Gasteiger partial charge in [0, 0.05) is 11.4 Å². The van der Waals surface area contributed by atoms with Crippen molar-refractivity contribution in [1.82, 2.24) is 15.5 Å². The van der Waals surface area contributed by atoms with Crippen LogP contribution < -0.4 is 10.6 Å². The third kappa shape index (κ3) is 5.68. The van der Waals surface area contributed by atoms with Gasteiger partial charge in [-0.05, 0) is 56.8 Å². The second-order valence-corrected chi connectivity index (χ2v) is 6.97. The van der Waals surface area contributed by atoms with Crippen LogP contribution in [-0.4, -0.2) is 54.7 Å². The number of nitrogens with zero attached hydrogens (tertiary/aromatic N) is 1. The van der Waals surface area contributed by atoms with Gasteiger partial charge in [-0.1, -0.05) is 6.07 Å². The van der Waals surface area contributed by atoms with Crippen LogP contribution in [0.25, 0.3) is 0 Å². The molecule has 1 aliphatic heterocycles. The fourth-order valence-electron chi connectivity index (χ4n) is 2.73. The smallest absolute Gasteiger partial charge is 0.237 e. The van der Waals surface area contributed by atoms with Crippen LogP contribution in [0.3, 0.4) is 0 Å². The second-order valence-electron chi connectivity index (χ2n) is 5.94. The average molecular weight is 325 g/mol. The molecule has 0 spiro atoms. The molecule has 3 N–H and O–H groups in total. The molecule has 1 amide bonds. The molecule has 22 heavy (non-hydrogen) atoms. The molecular formula is C16H27N3O2S. The SMILES string of the molecule is C[C@H](NCC1CCN(CCO)CC1)C(=O)NCc1cccs1. The summed E-state index contributed by atoms with van der Waals surface area (Å²) >= 11 is 1.66. The van der Waals surface area contributed by atoms with Crippen molar-refractivity contribution in [2.24, 2.45) is 5.92 Å². The number of amides is 1. The highest BCUT2D eigenvalue weighted by atomic mass is 32.1. The molecule has 124 valence electrons. The Morgan fingerprint density at radius 3 is 2.91 bits per heavy atom. The van der Waals surface area contributed by atoms with E-state index in [0.29, 0.717) is 12.5 Å². The lowest BCUT2D eigenvalue weighted by atomic mass is 9.96. The Balaban J connectivity index is 1.61. The number of rotatable bonds is 8. The Labute approximate surface area is 136 Å². The summed E-state index contributed by atoms with van der Waals surface area (Å²) in [6, 6.07) is 3.87. The van der Waals surface area contributed by atoms with Gasteiger partial charge in [0.2, 0.25) is 5.91 Å². The number of aliphatic hydroxyl groups is 1. The lowest BCUT2D eigenvalue weighted by Gasteiger charge is -2.32. The zero-order valence-corrected chi connectivity index (χ0v) is 14.1. The van der Waals surface area contributed by atoms with E-state index < -0.39 is 0 Å². The molecular weight excluding hydrogens is 298 g/mol. The number of nitrogens with one attached hydrogen (secondary N) is 2. The van der Waals surface area contributed by atoms with Crippen LogP contribution in [-0.2, 0) is 11.3 Å². The van der Waals surface area contributed by atoms with Crippen LogP contribution in [0.5, 0.6) is 0 Å². The number of likely N-dealkylation sites (tertiary alicyclic amines) is 1. The highest BCUT2D eigenvalue weighted by Crippen LogP contribution is 2.16. The minimum absolute atomic E-state index is 0.0612. The summed E-state index contributed by atoms with van der Waals surface area (Å²) in [5, 5.41) is 17.3. The predicted octanol–water partition coefficient (Wildman–Crippen LogP) is 1.05. The number of thiophene rings is 1. The minimum atomic E-state index is -0.157. The van der Waals surface area contributed by atoms with E-state index in [-0.39, 0.29) is 18.6 Å². The Morgan fingerprint density at radius 1 is 1.50 bits per heavy atom. The quantitative estimate of drug-likeness (QED) is 0.668. The molecule has 1 saturated heterocycles. The van der Waals surface area contributed by atoms with Crippen molar-refractivity contribution in [2.75, 3.05) is 32.8 Å². The highest BCUT2D eigenvalue weighted by Gasteiger charge is 2.20. The normalized spacial score (nSPS) is 18.3. The van der Waals surface area contributed by atoms with Gasteiger partial charge < -0.3 is 20.6 Å². The zero-order chi connectivity index (χ0) is 15.8. The van der Waals surface area contributed by atoms with Gasteiger partial charge in [0.1, 0.15) is 0 Å². The predicted molar refractivity (Wildman–Crippen MR) is 89.9 cm³/mol. The van der Waals surface area contributed by atoms with Crippen LogP contribution in [0, 0.1) is 5.92 Å². The van der Waals surface area contributed by atoms with E-state index in [0.717, 1.165) is 39.0 Å². The monoisotopic (exact) mass is 325 g/mol. The first-order valence-corrected chi connectivity index (χ1v) is 8.93. The number of piperidine rings is 1. The molecule has 1 fully saturated rings. The Morgan fingerprint density at radius 2 is 2.27 bits per heavy atom. The van der Waals surface area contributed by atoms with Crippen molar-refractivity contribution < 1.29 is 9.90 Å². The van der Waals surface area contributed by atoms with E-state index in [9.17, 15) is 4.79 Å². The minimum Gasteiger partial charge on any atom is -0.395 e. The summed E-state index contributed by atoms with van der Waals surface area (Å²) in [5.41, 5.74) is 0. The molecule has 1 aromatic rings. The maximum atomic E-state index is 12.0. The summed E-state index contributed by atoms with van der Waals surface area (Å²) in [7, 11) is 0. The van der Waals surface area contributed by atoms with Crippen molar-refractivity contribution >= 4 is 17.2 Å². The van der Waals surface area contributed by atoms with E-state index in [1.54, 1.807) is 11.3 Å². The topological polar surface area (TPSA) is 64.6 Å². The van der Waals surface area contributed by atoms with Gasteiger partial charge in [-0.2, -0.15) is 0 Å². The molecule has 1 aliphatic rings. The number of aliphatic hydroxyl groups excluding tert-OH is 1. The first kappa shape index (κ1) is 17.4. The van der Waals surface area contributed by atoms with Crippen molar-refractivity contribution in [3.05, 3.63) is 22.4 Å². The van der Waals surface area contributed by atoms with Crippen molar-refractivity contribution in [2.45, 2.75) is 32.4 Å². The molecule has 2 heterocycles. The summed E-state index contributed by atoms with van der Waals surface area (Å²) in [6.45, 7) is 6.54. The van der Waals surface area contributed by atoms with Gasteiger partial charge in [-0.25, -0.2) is 0 Å². The summed E-state index contributed by atoms with van der Waals surface area (Å²) in [4.78, 5) is 15.5. The van der Waals surface area contributed by atoms with Gasteiger partial charge in [0.25, 0.3) is 0 Å². The average Bonchev–Trinajstić information content (AvgIpc) is 3.05. The van der Waals surface area contributed by atoms with Crippen molar-refractivity contribution in [1.29, 1.82) is 0 Å². The molecule has 0 unspecified atom stereocenters. The first-order valence-electron chi connectivity index (χ1n) is 8.05. The first-order chi connectivity index (χ1) is 10.7. The third-order valence-corrected chi connectivity index (χ3v) is 5.12. The molecule has 0 bridgehead atoms. The number of β-amino-alcohol motifs (C(OH)–C–C–N with tert-alkyl or cyclic N) is 1. The summed E-state index contributed by atoms with van der Waals surface area (Å²) in [6.07, 6.45) is 2.27. The van der Waals surface area contributed by atoms with E-state index in [1.807, 2.05) is 24.4 Å². The van der Waals surface area contributed by atoms with Gasteiger partial charge in [-0.15, -0.1) is 11.3 Å². The van der Waals surface area contributed by atoms with Gasteiger partial charge in [-0.3, -0.25) is 4.79 Å². The van der Waals surface area contributed by atoms with Crippen LogP contribution >= 0.6 is 11.3 Å². The second kappa shape index (κ2) is 9.25. The Kier molecular flexibility index (Phi) is 7.32. The van der Waals surface area contributed by atoms with Crippen LogP contribution in [0.2, 0.25) is 0 Å². The Bertz CT molecular complexity index is 431. The van der Waals surface area contributed by atoms with Gasteiger partial charge in [0.05, 0.1) is 19.2 Å². The van der Waals surface area contributed by atoms with Gasteiger partial charge >= 0.3 is 0 Å². The summed E-state index contributed by atoms with van der Waals surface area (Å²) < 4.78 is 0. The number of hydrogen-bond acceptors (Lipinski definition) is 5. The maximum Gasteiger partial charge on any atom is 0.237 e. The highest BCUT2D eigenvalue weighted by molar-refractivity contribution is 7.09. The lowest BCUT2D eigenvalue weighted by molar-refractivity contribution is -0.122.